The van der Waals surface area contributed by atoms with Crippen molar-refractivity contribution < 1.29 is 0 Å². The van der Waals surface area contributed by atoms with Crippen LogP contribution in [-0.2, 0) is 13.0 Å². The van der Waals surface area contributed by atoms with E-state index in [0.717, 1.165) is 23.7 Å². The highest BCUT2D eigenvalue weighted by Crippen LogP contribution is 2.17. The Kier molecular flexibility index (Phi) is 5.81. The van der Waals surface area contributed by atoms with E-state index in [0.29, 0.717) is 0 Å². The van der Waals surface area contributed by atoms with Gasteiger partial charge in [0.15, 0.2) is 4.77 Å². The van der Waals surface area contributed by atoms with Gasteiger partial charge in [0.25, 0.3) is 0 Å². The van der Waals surface area contributed by atoms with Crippen LogP contribution in [0.2, 0.25) is 0 Å². The molecule has 0 saturated carbocycles. The van der Waals surface area contributed by atoms with Crippen LogP contribution in [0.4, 0.5) is 0 Å². The molecule has 1 aromatic heterocycles. The molecular weight excluding hydrogens is 216 g/mol. The summed E-state index contributed by atoms with van der Waals surface area (Å²) in [6, 6.07) is 0. The van der Waals surface area contributed by atoms with Crippen LogP contribution < -0.4 is 0 Å². The molecule has 1 N–H and O–H groups in total. The first-order valence-electron chi connectivity index (χ1n) is 6.49. The van der Waals surface area contributed by atoms with Crippen molar-refractivity contribution in [1.29, 1.82) is 0 Å². The average molecular weight is 240 g/mol. The van der Waals surface area contributed by atoms with E-state index >= 15 is 0 Å². The Morgan fingerprint density at radius 1 is 1.38 bits per heavy atom. The Hall–Kier alpha value is -0.570. The first kappa shape index (κ1) is 13.5. The molecule has 0 radical (unpaired) electrons. The lowest BCUT2D eigenvalue weighted by Gasteiger charge is -2.16. The van der Waals surface area contributed by atoms with Gasteiger partial charge in [0.1, 0.15) is 0 Å². The van der Waals surface area contributed by atoms with E-state index in [1.165, 1.54) is 31.4 Å². The highest BCUT2D eigenvalue weighted by atomic mass is 32.1. The standard InChI is InChI=1S/C13H24N2S/c1-4-7-8-11(5-2)10-15-12(6-3)9-14-13(15)16/h9,11H,4-8,10H2,1-3H3,(H,14,16). The molecule has 16 heavy (non-hydrogen) atoms. The monoisotopic (exact) mass is 240 g/mol. The summed E-state index contributed by atoms with van der Waals surface area (Å²) in [5.41, 5.74) is 1.33. The van der Waals surface area contributed by atoms with Crippen LogP contribution in [0.1, 0.15) is 52.1 Å². The topological polar surface area (TPSA) is 20.7 Å². The number of nitrogens with one attached hydrogen (secondary N) is 1. The third-order valence-electron chi connectivity index (χ3n) is 3.30. The van der Waals surface area contributed by atoms with Crippen molar-refractivity contribution in [2.24, 2.45) is 5.92 Å². The van der Waals surface area contributed by atoms with Crippen molar-refractivity contribution in [2.45, 2.75) is 59.4 Å². The van der Waals surface area contributed by atoms with Gasteiger partial charge in [0.05, 0.1) is 0 Å². The van der Waals surface area contributed by atoms with Gasteiger partial charge in [-0.15, -0.1) is 0 Å². The summed E-state index contributed by atoms with van der Waals surface area (Å²) >= 11 is 5.33. The largest absolute Gasteiger partial charge is 0.337 e. The number of aryl methyl sites for hydroxylation is 1. The van der Waals surface area contributed by atoms with E-state index in [2.05, 4.69) is 36.5 Å². The molecule has 1 unspecified atom stereocenters. The summed E-state index contributed by atoms with van der Waals surface area (Å²) in [5, 5.41) is 0. The molecule has 0 aromatic carbocycles. The Bertz CT molecular complexity index is 351. The molecule has 1 rings (SSSR count). The summed E-state index contributed by atoms with van der Waals surface area (Å²) in [7, 11) is 0. The van der Waals surface area contributed by atoms with Crippen molar-refractivity contribution in [3.05, 3.63) is 16.7 Å². The highest BCUT2D eigenvalue weighted by molar-refractivity contribution is 7.71. The van der Waals surface area contributed by atoms with Gasteiger partial charge in [0.2, 0.25) is 0 Å². The van der Waals surface area contributed by atoms with E-state index in [1.807, 2.05) is 0 Å². The Labute approximate surface area is 104 Å². The predicted octanol–water partition coefficient (Wildman–Crippen LogP) is 4.32. The van der Waals surface area contributed by atoms with Crippen molar-refractivity contribution in [3.8, 4) is 0 Å². The second-order valence-corrected chi connectivity index (χ2v) is 4.85. The van der Waals surface area contributed by atoms with Gasteiger partial charge in [0, 0.05) is 18.4 Å². The third kappa shape index (κ3) is 3.48. The molecule has 1 atom stereocenters. The summed E-state index contributed by atoms with van der Waals surface area (Å²) in [6.07, 6.45) is 8.29. The van der Waals surface area contributed by atoms with E-state index in [4.69, 9.17) is 12.2 Å². The molecule has 0 aliphatic rings. The van der Waals surface area contributed by atoms with Gasteiger partial charge in [-0.1, -0.05) is 40.0 Å². The fourth-order valence-electron chi connectivity index (χ4n) is 2.10. The van der Waals surface area contributed by atoms with Gasteiger partial charge < -0.3 is 9.55 Å². The van der Waals surface area contributed by atoms with Crippen molar-refractivity contribution in [3.63, 3.8) is 0 Å². The second-order valence-electron chi connectivity index (χ2n) is 4.47. The second kappa shape index (κ2) is 6.89. The predicted molar refractivity (Wildman–Crippen MR) is 72.3 cm³/mol. The lowest BCUT2D eigenvalue weighted by Crippen LogP contribution is -2.12. The van der Waals surface area contributed by atoms with Gasteiger partial charge in [-0.25, -0.2) is 0 Å². The molecule has 0 aliphatic carbocycles. The zero-order valence-electron chi connectivity index (χ0n) is 10.8. The van der Waals surface area contributed by atoms with Gasteiger partial charge >= 0.3 is 0 Å². The average Bonchev–Trinajstić information content (AvgIpc) is 2.65. The zero-order valence-corrected chi connectivity index (χ0v) is 11.6. The molecular formula is C13H24N2S. The molecule has 0 bridgehead atoms. The minimum Gasteiger partial charge on any atom is -0.337 e. The lowest BCUT2D eigenvalue weighted by atomic mass is 9.99. The SMILES string of the molecule is CCCCC(CC)Cn1c(CC)c[nH]c1=S. The van der Waals surface area contributed by atoms with E-state index < -0.39 is 0 Å². The summed E-state index contributed by atoms with van der Waals surface area (Å²) < 4.78 is 3.16. The number of aromatic amines is 1. The maximum Gasteiger partial charge on any atom is 0.177 e. The number of hydrogen-bond acceptors (Lipinski definition) is 1. The molecule has 1 aromatic rings. The minimum atomic E-state index is 0.771. The van der Waals surface area contributed by atoms with Gasteiger partial charge in [-0.2, -0.15) is 0 Å². The summed E-state index contributed by atoms with van der Waals surface area (Å²) in [6.45, 7) is 7.80. The van der Waals surface area contributed by atoms with Crippen molar-refractivity contribution in [1.82, 2.24) is 9.55 Å². The fourth-order valence-corrected chi connectivity index (χ4v) is 2.35. The molecule has 3 heteroatoms. The van der Waals surface area contributed by atoms with E-state index in [9.17, 15) is 0 Å². The van der Waals surface area contributed by atoms with Crippen molar-refractivity contribution >= 4 is 12.2 Å². The van der Waals surface area contributed by atoms with Crippen LogP contribution in [0.25, 0.3) is 0 Å². The summed E-state index contributed by atoms with van der Waals surface area (Å²) in [4.78, 5) is 3.15. The van der Waals surface area contributed by atoms with Gasteiger partial charge in [-0.05, 0) is 31.0 Å². The minimum absolute atomic E-state index is 0.771. The first-order chi connectivity index (χ1) is 7.72. The third-order valence-corrected chi connectivity index (χ3v) is 3.64. The van der Waals surface area contributed by atoms with Crippen LogP contribution in [0.15, 0.2) is 6.20 Å². The Balaban J connectivity index is 2.69. The lowest BCUT2D eigenvalue weighted by molar-refractivity contribution is 0.384. The fraction of sp³-hybridized carbons (Fsp3) is 0.769. The van der Waals surface area contributed by atoms with Crippen LogP contribution >= 0.6 is 12.2 Å². The Morgan fingerprint density at radius 2 is 2.12 bits per heavy atom. The number of rotatable bonds is 7. The van der Waals surface area contributed by atoms with E-state index in [1.54, 1.807) is 0 Å². The maximum atomic E-state index is 5.33. The zero-order chi connectivity index (χ0) is 12.0. The van der Waals surface area contributed by atoms with Crippen LogP contribution in [0.3, 0.4) is 0 Å². The molecule has 0 spiro atoms. The van der Waals surface area contributed by atoms with Crippen LogP contribution in [0, 0.1) is 10.7 Å². The summed E-state index contributed by atoms with van der Waals surface area (Å²) in [5.74, 6) is 0.771. The van der Waals surface area contributed by atoms with Crippen LogP contribution in [0.5, 0.6) is 0 Å². The molecule has 92 valence electrons. The molecule has 1 heterocycles. The van der Waals surface area contributed by atoms with Crippen LogP contribution in [-0.4, -0.2) is 9.55 Å². The molecule has 0 fully saturated rings. The number of nitrogens with zero attached hydrogens (tertiary/aromatic N) is 1. The number of imidazole rings is 1. The number of H-pyrrole nitrogens is 1. The number of aromatic nitrogens is 2. The molecule has 0 amide bonds. The molecule has 0 saturated heterocycles. The quantitative estimate of drug-likeness (QED) is 0.704. The van der Waals surface area contributed by atoms with Crippen molar-refractivity contribution in [2.75, 3.05) is 0 Å². The normalized spacial score (nSPS) is 12.9. The number of unbranched alkanes of at least 4 members (excludes halogenated alkanes) is 1. The number of hydrogen-bond donors (Lipinski definition) is 1. The smallest absolute Gasteiger partial charge is 0.177 e. The van der Waals surface area contributed by atoms with Gasteiger partial charge in [-0.3, -0.25) is 0 Å². The Morgan fingerprint density at radius 3 is 2.69 bits per heavy atom. The first-order valence-corrected chi connectivity index (χ1v) is 6.90. The molecule has 0 aliphatic heterocycles. The maximum absolute atomic E-state index is 5.33. The molecule has 2 nitrogen and oxygen atoms in total. The highest BCUT2D eigenvalue weighted by Gasteiger charge is 2.09. The van der Waals surface area contributed by atoms with E-state index in [-0.39, 0.29) is 0 Å².